The Morgan fingerprint density at radius 1 is 1.41 bits per heavy atom. The van der Waals surface area contributed by atoms with Crippen molar-refractivity contribution in [1.29, 1.82) is 0 Å². The third-order valence-electron chi connectivity index (χ3n) is 4.16. The molecule has 122 valence electrons. The zero-order chi connectivity index (χ0) is 15.9. The number of benzene rings is 1. The molecular weight excluding hydrogens is 276 g/mol. The Morgan fingerprint density at radius 2 is 2.23 bits per heavy atom. The van der Waals surface area contributed by atoms with Gasteiger partial charge in [-0.1, -0.05) is 17.7 Å². The lowest BCUT2D eigenvalue weighted by Crippen LogP contribution is -2.36. The Labute approximate surface area is 133 Å². The summed E-state index contributed by atoms with van der Waals surface area (Å²) in [6.07, 6.45) is 2.85. The van der Waals surface area contributed by atoms with Crippen molar-refractivity contribution in [2.45, 2.75) is 46.1 Å². The standard InChI is InChI=1S/C18H28N2O2/c1-13-6-7-17(14(2)9-13)20-18(21)10-15(3)19-11-16-5-4-8-22-12-16/h6-7,9,15-16,19H,4-5,8,10-12H2,1-3H3,(H,20,21). The van der Waals surface area contributed by atoms with E-state index < -0.39 is 0 Å². The van der Waals surface area contributed by atoms with E-state index >= 15 is 0 Å². The lowest BCUT2D eigenvalue weighted by molar-refractivity contribution is -0.116. The first-order valence-corrected chi connectivity index (χ1v) is 8.23. The second-order valence-corrected chi connectivity index (χ2v) is 6.46. The maximum atomic E-state index is 12.1. The van der Waals surface area contributed by atoms with Gasteiger partial charge in [-0.05, 0) is 51.2 Å². The normalized spacial score (nSPS) is 19.7. The van der Waals surface area contributed by atoms with Gasteiger partial charge in [0.2, 0.25) is 5.91 Å². The summed E-state index contributed by atoms with van der Waals surface area (Å²) in [7, 11) is 0. The van der Waals surface area contributed by atoms with E-state index in [1.165, 1.54) is 12.0 Å². The minimum absolute atomic E-state index is 0.0619. The van der Waals surface area contributed by atoms with Gasteiger partial charge in [-0.25, -0.2) is 0 Å². The smallest absolute Gasteiger partial charge is 0.225 e. The molecule has 1 aromatic rings. The molecule has 4 nitrogen and oxygen atoms in total. The molecule has 1 aliphatic rings. The summed E-state index contributed by atoms with van der Waals surface area (Å²) in [5.74, 6) is 0.644. The highest BCUT2D eigenvalue weighted by molar-refractivity contribution is 5.91. The minimum atomic E-state index is 0.0619. The van der Waals surface area contributed by atoms with Gasteiger partial charge >= 0.3 is 0 Å². The first-order chi connectivity index (χ1) is 10.5. The van der Waals surface area contributed by atoms with E-state index in [1.54, 1.807) is 0 Å². The third kappa shape index (κ3) is 5.43. The molecule has 0 bridgehead atoms. The first-order valence-electron chi connectivity index (χ1n) is 8.23. The molecule has 1 amide bonds. The van der Waals surface area contributed by atoms with Crippen LogP contribution in [0.4, 0.5) is 5.69 Å². The van der Waals surface area contributed by atoms with Crippen LogP contribution in [0.25, 0.3) is 0 Å². The monoisotopic (exact) mass is 304 g/mol. The quantitative estimate of drug-likeness (QED) is 0.849. The van der Waals surface area contributed by atoms with E-state index in [2.05, 4.69) is 30.5 Å². The molecule has 4 heteroatoms. The van der Waals surface area contributed by atoms with Crippen LogP contribution in [0, 0.1) is 19.8 Å². The fourth-order valence-electron chi connectivity index (χ4n) is 2.84. The molecule has 0 spiro atoms. The van der Waals surface area contributed by atoms with Crippen LogP contribution in [0.15, 0.2) is 18.2 Å². The number of carbonyl (C=O) groups is 1. The van der Waals surface area contributed by atoms with Gasteiger partial charge in [-0.3, -0.25) is 4.79 Å². The molecule has 0 saturated carbocycles. The largest absolute Gasteiger partial charge is 0.381 e. The van der Waals surface area contributed by atoms with Crippen LogP contribution in [0.3, 0.4) is 0 Å². The summed E-state index contributed by atoms with van der Waals surface area (Å²) in [5, 5.41) is 6.45. The van der Waals surface area contributed by atoms with E-state index in [9.17, 15) is 4.79 Å². The summed E-state index contributed by atoms with van der Waals surface area (Å²) in [6.45, 7) is 8.80. The highest BCUT2D eigenvalue weighted by atomic mass is 16.5. The molecular formula is C18H28N2O2. The van der Waals surface area contributed by atoms with E-state index in [4.69, 9.17) is 4.74 Å². The SMILES string of the molecule is Cc1ccc(NC(=O)CC(C)NCC2CCCOC2)c(C)c1. The van der Waals surface area contributed by atoms with Crippen LogP contribution in [-0.2, 0) is 9.53 Å². The number of ether oxygens (including phenoxy) is 1. The second kappa shape index (κ2) is 8.30. The molecule has 2 atom stereocenters. The number of hydrogen-bond donors (Lipinski definition) is 2. The lowest BCUT2D eigenvalue weighted by Gasteiger charge is -2.24. The van der Waals surface area contributed by atoms with Gasteiger partial charge in [0.15, 0.2) is 0 Å². The topological polar surface area (TPSA) is 50.4 Å². The molecule has 0 radical (unpaired) electrons. The van der Waals surface area contributed by atoms with Crippen LogP contribution in [0.2, 0.25) is 0 Å². The molecule has 22 heavy (non-hydrogen) atoms. The number of aryl methyl sites for hydroxylation is 2. The molecule has 1 aliphatic heterocycles. The summed E-state index contributed by atoms with van der Waals surface area (Å²) >= 11 is 0. The molecule has 1 fully saturated rings. The van der Waals surface area contributed by atoms with Crippen LogP contribution in [-0.4, -0.2) is 31.7 Å². The molecule has 0 aromatic heterocycles. The minimum Gasteiger partial charge on any atom is -0.381 e. The second-order valence-electron chi connectivity index (χ2n) is 6.46. The van der Waals surface area contributed by atoms with Crippen molar-refractivity contribution in [2.24, 2.45) is 5.92 Å². The number of anilines is 1. The summed E-state index contributed by atoms with van der Waals surface area (Å²) in [5.41, 5.74) is 3.22. The number of hydrogen-bond acceptors (Lipinski definition) is 3. The van der Waals surface area contributed by atoms with E-state index in [1.807, 2.05) is 19.1 Å². The van der Waals surface area contributed by atoms with Crippen LogP contribution < -0.4 is 10.6 Å². The average molecular weight is 304 g/mol. The highest BCUT2D eigenvalue weighted by Gasteiger charge is 2.16. The predicted molar refractivity (Wildman–Crippen MR) is 90.2 cm³/mol. The Morgan fingerprint density at radius 3 is 2.91 bits per heavy atom. The maximum absolute atomic E-state index is 12.1. The number of amides is 1. The number of rotatable bonds is 6. The summed E-state index contributed by atoms with van der Waals surface area (Å²) in [4.78, 5) is 12.1. The fourth-order valence-corrected chi connectivity index (χ4v) is 2.84. The van der Waals surface area contributed by atoms with Gasteiger partial charge in [-0.15, -0.1) is 0 Å². The molecule has 1 saturated heterocycles. The van der Waals surface area contributed by atoms with Crippen molar-refractivity contribution < 1.29 is 9.53 Å². The Balaban J connectivity index is 1.73. The summed E-state index contributed by atoms with van der Waals surface area (Å²) in [6, 6.07) is 6.25. The van der Waals surface area contributed by atoms with E-state index in [0.29, 0.717) is 12.3 Å². The molecule has 0 aliphatic carbocycles. The molecule has 2 rings (SSSR count). The Kier molecular flexibility index (Phi) is 6.40. The van der Waals surface area contributed by atoms with Gasteiger partial charge in [0, 0.05) is 31.3 Å². The first kappa shape index (κ1) is 17.0. The Bertz CT molecular complexity index is 496. The zero-order valence-corrected chi connectivity index (χ0v) is 13.9. The van der Waals surface area contributed by atoms with Crippen molar-refractivity contribution in [3.63, 3.8) is 0 Å². The predicted octanol–water partition coefficient (Wildman–Crippen LogP) is 3.04. The lowest BCUT2D eigenvalue weighted by atomic mass is 10.0. The van der Waals surface area contributed by atoms with Gasteiger partial charge in [0.25, 0.3) is 0 Å². The van der Waals surface area contributed by atoms with Gasteiger partial charge in [0.05, 0.1) is 6.61 Å². The zero-order valence-electron chi connectivity index (χ0n) is 13.9. The van der Waals surface area contributed by atoms with Crippen molar-refractivity contribution in [3.05, 3.63) is 29.3 Å². The van der Waals surface area contributed by atoms with Gasteiger partial charge in [-0.2, -0.15) is 0 Å². The van der Waals surface area contributed by atoms with Gasteiger partial charge < -0.3 is 15.4 Å². The van der Waals surface area contributed by atoms with Crippen molar-refractivity contribution in [1.82, 2.24) is 5.32 Å². The molecule has 1 aromatic carbocycles. The van der Waals surface area contributed by atoms with Crippen LogP contribution >= 0.6 is 0 Å². The average Bonchev–Trinajstić information content (AvgIpc) is 2.49. The third-order valence-corrected chi connectivity index (χ3v) is 4.16. The maximum Gasteiger partial charge on any atom is 0.225 e. The van der Waals surface area contributed by atoms with E-state index in [0.717, 1.165) is 37.4 Å². The van der Waals surface area contributed by atoms with Crippen molar-refractivity contribution in [2.75, 3.05) is 25.1 Å². The van der Waals surface area contributed by atoms with Gasteiger partial charge in [0.1, 0.15) is 0 Å². The molecule has 2 unspecified atom stereocenters. The summed E-state index contributed by atoms with van der Waals surface area (Å²) < 4.78 is 5.48. The Hall–Kier alpha value is -1.39. The van der Waals surface area contributed by atoms with Crippen molar-refractivity contribution >= 4 is 11.6 Å². The van der Waals surface area contributed by atoms with Crippen LogP contribution in [0.1, 0.15) is 37.3 Å². The number of nitrogens with one attached hydrogen (secondary N) is 2. The van der Waals surface area contributed by atoms with E-state index in [-0.39, 0.29) is 11.9 Å². The van der Waals surface area contributed by atoms with Crippen molar-refractivity contribution in [3.8, 4) is 0 Å². The molecule has 1 heterocycles. The molecule has 2 N–H and O–H groups in total. The fraction of sp³-hybridized carbons (Fsp3) is 0.611. The highest BCUT2D eigenvalue weighted by Crippen LogP contribution is 2.16. The number of carbonyl (C=O) groups excluding carboxylic acids is 1. The van der Waals surface area contributed by atoms with Crippen LogP contribution in [0.5, 0.6) is 0 Å².